The van der Waals surface area contributed by atoms with Crippen LogP contribution < -0.4 is 14.8 Å². The average Bonchev–Trinajstić information content (AvgIpc) is 2.64. The van der Waals surface area contributed by atoms with Crippen molar-refractivity contribution in [2.24, 2.45) is 0 Å². The fraction of sp³-hybridized carbons (Fsp3) is 0.350. The van der Waals surface area contributed by atoms with Gasteiger partial charge in [0.2, 0.25) is 5.91 Å². The Bertz CT molecular complexity index is 704. The number of benzene rings is 2. The Kier molecular flexibility index (Phi) is 7.31. The maximum atomic E-state index is 12.3. The molecule has 134 valence electrons. The van der Waals surface area contributed by atoms with Gasteiger partial charge in [0.05, 0.1) is 18.7 Å². The number of carbonyl (C=O) groups excluding carboxylic acids is 1. The van der Waals surface area contributed by atoms with E-state index < -0.39 is 0 Å². The fourth-order valence-corrected chi connectivity index (χ4v) is 3.44. The van der Waals surface area contributed by atoms with Crippen molar-refractivity contribution in [3.63, 3.8) is 0 Å². The van der Waals surface area contributed by atoms with Crippen molar-refractivity contribution in [1.29, 1.82) is 0 Å². The number of halogens is 1. The van der Waals surface area contributed by atoms with Crippen LogP contribution >= 0.6 is 15.9 Å². The number of hydrogen-bond donors (Lipinski definition) is 1. The molecule has 2 aromatic carbocycles. The van der Waals surface area contributed by atoms with Crippen molar-refractivity contribution < 1.29 is 14.3 Å². The van der Waals surface area contributed by atoms with E-state index in [0.717, 1.165) is 16.5 Å². The van der Waals surface area contributed by atoms with Crippen LogP contribution in [0.25, 0.3) is 0 Å². The molecule has 1 N–H and O–H groups in total. The summed E-state index contributed by atoms with van der Waals surface area (Å²) in [6, 6.07) is 14.0. The molecule has 1 amide bonds. The van der Waals surface area contributed by atoms with E-state index in [1.807, 2.05) is 30.3 Å². The Morgan fingerprint density at radius 2 is 1.88 bits per heavy atom. The van der Waals surface area contributed by atoms with Gasteiger partial charge in [0.25, 0.3) is 0 Å². The predicted molar refractivity (Wildman–Crippen MR) is 103 cm³/mol. The van der Waals surface area contributed by atoms with Gasteiger partial charge >= 0.3 is 0 Å². The number of carbonyl (C=O) groups is 1. The van der Waals surface area contributed by atoms with Crippen LogP contribution in [0.4, 0.5) is 0 Å². The highest BCUT2D eigenvalue weighted by atomic mass is 79.9. The first-order valence-electron chi connectivity index (χ1n) is 8.31. The Morgan fingerprint density at radius 1 is 1.16 bits per heavy atom. The minimum absolute atomic E-state index is 0.0432. The minimum Gasteiger partial charge on any atom is -0.493 e. The van der Waals surface area contributed by atoms with E-state index in [2.05, 4.69) is 40.3 Å². The summed E-state index contributed by atoms with van der Waals surface area (Å²) in [5, 5.41) is 2.99. The summed E-state index contributed by atoms with van der Waals surface area (Å²) >= 11 is 3.47. The molecule has 2 aromatic rings. The predicted octanol–water partition coefficient (Wildman–Crippen LogP) is 4.67. The summed E-state index contributed by atoms with van der Waals surface area (Å²) in [4.78, 5) is 12.3. The van der Waals surface area contributed by atoms with Crippen LogP contribution in [-0.2, 0) is 11.3 Å². The molecule has 0 aliphatic heterocycles. The molecule has 1 unspecified atom stereocenters. The van der Waals surface area contributed by atoms with E-state index in [9.17, 15) is 4.79 Å². The zero-order chi connectivity index (χ0) is 18.2. The third-order valence-corrected chi connectivity index (χ3v) is 4.77. The van der Waals surface area contributed by atoms with Crippen LogP contribution in [0.3, 0.4) is 0 Å². The summed E-state index contributed by atoms with van der Waals surface area (Å²) in [6.45, 7) is 2.55. The molecule has 1 atom stereocenters. The van der Waals surface area contributed by atoms with Crippen molar-refractivity contribution in [3.05, 3.63) is 58.1 Å². The molecule has 0 spiro atoms. The van der Waals surface area contributed by atoms with Crippen molar-refractivity contribution in [3.8, 4) is 11.5 Å². The van der Waals surface area contributed by atoms with Crippen molar-refractivity contribution in [2.45, 2.75) is 32.2 Å². The van der Waals surface area contributed by atoms with Crippen molar-refractivity contribution in [2.75, 3.05) is 14.2 Å². The van der Waals surface area contributed by atoms with Gasteiger partial charge < -0.3 is 14.8 Å². The molecular weight excluding hydrogens is 382 g/mol. The molecule has 0 fully saturated rings. The quantitative estimate of drug-likeness (QED) is 0.693. The summed E-state index contributed by atoms with van der Waals surface area (Å²) in [5.41, 5.74) is 2.15. The van der Waals surface area contributed by atoms with Gasteiger partial charge in [-0.3, -0.25) is 4.79 Å². The SMILES string of the molecule is CCC(CC(=O)NCc1cc(Br)c(OC)c(OC)c1)c1ccccc1. The van der Waals surface area contributed by atoms with Crippen LogP contribution in [0.5, 0.6) is 11.5 Å². The minimum atomic E-state index is 0.0432. The second-order valence-corrected chi connectivity index (χ2v) is 6.66. The van der Waals surface area contributed by atoms with Gasteiger partial charge in [-0.1, -0.05) is 37.3 Å². The van der Waals surface area contributed by atoms with Crippen LogP contribution in [0.15, 0.2) is 46.9 Å². The van der Waals surface area contributed by atoms with Gasteiger partial charge in [0, 0.05) is 13.0 Å². The van der Waals surface area contributed by atoms with E-state index in [1.165, 1.54) is 5.56 Å². The highest BCUT2D eigenvalue weighted by molar-refractivity contribution is 9.10. The molecule has 0 saturated carbocycles. The first-order chi connectivity index (χ1) is 12.1. The molecule has 0 aliphatic carbocycles. The van der Waals surface area contributed by atoms with Crippen molar-refractivity contribution in [1.82, 2.24) is 5.32 Å². The second-order valence-electron chi connectivity index (χ2n) is 5.81. The summed E-state index contributed by atoms with van der Waals surface area (Å²) in [7, 11) is 3.19. The third kappa shape index (κ3) is 5.23. The number of ether oxygens (including phenoxy) is 2. The number of amides is 1. The topological polar surface area (TPSA) is 47.6 Å². The van der Waals surface area contributed by atoms with E-state index in [0.29, 0.717) is 24.5 Å². The molecule has 2 rings (SSSR count). The molecule has 0 saturated heterocycles. The van der Waals surface area contributed by atoms with Crippen LogP contribution in [0.1, 0.15) is 36.8 Å². The Morgan fingerprint density at radius 3 is 2.48 bits per heavy atom. The van der Waals surface area contributed by atoms with Gasteiger partial charge in [-0.15, -0.1) is 0 Å². The highest BCUT2D eigenvalue weighted by Gasteiger charge is 2.15. The molecule has 4 nitrogen and oxygen atoms in total. The molecular formula is C20H24BrNO3. The number of hydrogen-bond acceptors (Lipinski definition) is 3. The number of methoxy groups -OCH3 is 2. The fourth-order valence-electron chi connectivity index (χ4n) is 2.79. The Hall–Kier alpha value is -2.01. The van der Waals surface area contributed by atoms with Crippen LogP contribution in [0.2, 0.25) is 0 Å². The molecule has 0 aliphatic rings. The standard InChI is InChI=1S/C20H24BrNO3/c1-4-15(16-8-6-5-7-9-16)12-19(23)22-13-14-10-17(21)20(25-3)18(11-14)24-2/h5-11,15H,4,12-13H2,1-3H3,(H,22,23). The number of nitrogens with one attached hydrogen (secondary N) is 1. The first-order valence-corrected chi connectivity index (χ1v) is 9.10. The van der Waals surface area contributed by atoms with E-state index in [4.69, 9.17) is 9.47 Å². The second kappa shape index (κ2) is 9.47. The lowest BCUT2D eigenvalue weighted by Gasteiger charge is -2.16. The zero-order valence-corrected chi connectivity index (χ0v) is 16.4. The largest absolute Gasteiger partial charge is 0.493 e. The molecule has 0 heterocycles. The molecule has 5 heteroatoms. The van der Waals surface area contributed by atoms with E-state index in [-0.39, 0.29) is 11.8 Å². The number of rotatable bonds is 8. The maximum Gasteiger partial charge on any atom is 0.220 e. The van der Waals surface area contributed by atoms with Crippen LogP contribution in [0, 0.1) is 0 Å². The van der Waals surface area contributed by atoms with E-state index in [1.54, 1.807) is 14.2 Å². The Labute approximate surface area is 157 Å². The monoisotopic (exact) mass is 405 g/mol. The molecule has 25 heavy (non-hydrogen) atoms. The normalized spacial score (nSPS) is 11.7. The molecule has 0 aromatic heterocycles. The lowest BCUT2D eigenvalue weighted by atomic mass is 9.93. The lowest BCUT2D eigenvalue weighted by molar-refractivity contribution is -0.121. The molecule has 0 bridgehead atoms. The summed E-state index contributed by atoms with van der Waals surface area (Å²) in [6.07, 6.45) is 1.41. The van der Waals surface area contributed by atoms with Gasteiger partial charge in [-0.25, -0.2) is 0 Å². The third-order valence-electron chi connectivity index (χ3n) is 4.18. The molecule has 0 radical (unpaired) electrons. The lowest BCUT2D eigenvalue weighted by Crippen LogP contribution is -2.24. The van der Waals surface area contributed by atoms with E-state index >= 15 is 0 Å². The Balaban J connectivity index is 1.99. The van der Waals surface area contributed by atoms with Crippen LogP contribution in [-0.4, -0.2) is 20.1 Å². The van der Waals surface area contributed by atoms with Gasteiger partial charge in [-0.2, -0.15) is 0 Å². The van der Waals surface area contributed by atoms with Crippen molar-refractivity contribution >= 4 is 21.8 Å². The van der Waals surface area contributed by atoms with Gasteiger partial charge in [0.15, 0.2) is 11.5 Å². The van der Waals surface area contributed by atoms with Gasteiger partial charge in [-0.05, 0) is 51.5 Å². The summed E-state index contributed by atoms with van der Waals surface area (Å²) in [5.74, 6) is 1.56. The highest BCUT2D eigenvalue weighted by Crippen LogP contribution is 2.36. The van der Waals surface area contributed by atoms with Gasteiger partial charge in [0.1, 0.15) is 0 Å². The first kappa shape index (κ1) is 19.3. The average molecular weight is 406 g/mol. The maximum absolute atomic E-state index is 12.3. The smallest absolute Gasteiger partial charge is 0.220 e. The summed E-state index contributed by atoms with van der Waals surface area (Å²) < 4.78 is 11.4. The zero-order valence-electron chi connectivity index (χ0n) is 14.8.